The lowest BCUT2D eigenvalue weighted by atomic mass is 9.93. The fourth-order valence-corrected chi connectivity index (χ4v) is 9.36. The van der Waals surface area contributed by atoms with Crippen LogP contribution in [0.2, 0.25) is 0 Å². The number of amides is 4. The van der Waals surface area contributed by atoms with Crippen molar-refractivity contribution in [2.24, 2.45) is 22.9 Å². The van der Waals surface area contributed by atoms with Crippen LogP contribution in [0.15, 0.2) is 66.4 Å². The number of nitrogens with zero attached hydrogens (tertiary/aromatic N) is 2. The van der Waals surface area contributed by atoms with Gasteiger partial charge in [0.05, 0.1) is 17.1 Å². The van der Waals surface area contributed by atoms with E-state index in [-0.39, 0.29) is 25.8 Å². The summed E-state index contributed by atoms with van der Waals surface area (Å²) in [6, 6.07) is 14.2. The van der Waals surface area contributed by atoms with E-state index in [1.807, 2.05) is 24.3 Å². The lowest BCUT2D eigenvalue weighted by Gasteiger charge is -2.30. The highest BCUT2D eigenvalue weighted by Gasteiger charge is 2.62. The molecule has 4 amide bonds. The van der Waals surface area contributed by atoms with Crippen LogP contribution in [0.1, 0.15) is 102 Å². The molecule has 1 aliphatic heterocycles. The molecule has 4 aliphatic carbocycles. The van der Waals surface area contributed by atoms with Crippen molar-refractivity contribution in [3.63, 3.8) is 0 Å². The van der Waals surface area contributed by atoms with Gasteiger partial charge >= 0.3 is 6.09 Å². The molecule has 0 aromatic heterocycles. The van der Waals surface area contributed by atoms with Gasteiger partial charge in [0.25, 0.3) is 5.91 Å². The molecule has 13 nitrogen and oxygen atoms in total. The van der Waals surface area contributed by atoms with Crippen LogP contribution in [0.3, 0.4) is 0 Å². The third-order valence-corrected chi connectivity index (χ3v) is 13.0. The Morgan fingerprint density at radius 1 is 1.00 bits per heavy atom. The lowest BCUT2D eigenvalue weighted by Crippen LogP contribution is -2.55. The number of carbonyl (C=O) groups excluding carboxylic acids is 4. The highest BCUT2D eigenvalue weighted by Crippen LogP contribution is 2.47. The molecule has 298 valence electrons. The van der Waals surface area contributed by atoms with Crippen LogP contribution >= 0.6 is 0 Å². The van der Waals surface area contributed by atoms with Crippen molar-refractivity contribution in [1.82, 2.24) is 20.5 Å². The molecule has 0 unspecified atom stereocenters. The van der Waals surface area contributed by atoms with Crippen molar-refractivity contribution in [3.05, 3.63) is 77.9 Å². The summed E-state index contributed by atoms with van der Waals surface area (Å²) in [5.74, 6) is -4.41. The zero-order valence-corrected chi connectivity index (χ0v) is 33.0. The van der Waals surface area contributed by atoms with Crippen LogP contribution in [-0.2, 0) is 34.0 Å². The van der Waals surface area contributed by atoms with Gasteiger partial charge in [-0.05, 0) is 94.9 Å². The molecule has 2 aromatic carbocycles. The number of allylic oxidation sites excluding steroid dienone is 1. The highest BCUT2D eigenvalue weighted by molar-refractivity contribution is 7.91. The number of benzene rings is 2. The smallest absolute Gasteiger partial charge is 0.426 e. The second kappa shape index (κ2) is 15.5. The molecule has 3 N–H and O–H groups in total. The minimum Gasteiger partial charge on any atom is -0.443 e. The molecular formula is C42H51N5O8S. The number of rotatable bonds is 7. The monoisotopic (exact) mass is 785 g/mol. The van der Waals surface area contributed by atoms with E-state index in [2.05, 4.69) is 52.4 Å². The number of nitrogens with one attached hydrogen (secondary N) is 3. The zero-order chi connectivity index (χ0) is 39.8. The average Bonchev–Trinajstić information content (AvgIpc) is 4.06. The maximum Gasteiger partial charge on any atom is 0.426 e. The first-order valence-corrected chi connectivity index (χ1v) is 21.2. The van der Waals surface area contributed by atoms with Crippen molar-refractivity contribution in [3.8, 4) is 11.1 Å². The molecule has 5 atom stereocenters. The number of fused-ring (bicyclic) bond motifs is 6. The first-order chi connectivity index (χ1) is 26.7. The fraction of sp³-hybridized carbons (Fsp3) is 0.500. The van der Waals surface area contributed by atoms with Gasteiger partial charge in [-0.1, -0.05) is 72.6 Å². The number of sulfonamides is 1. The van der Waals surface area contributed by atoms with Crippen LogP contribution in [0.5, 0.6) is 0 Å². The van der Waals surface area contributed by atoms with Crippen molar-refractivity contribution in [2.45, 2.75) is 107 Å². The summed E-state index contributed by atoms with van der Waals surface area (Å²) in [6.45, 7) is 9.16. The second-order valence-electron chi connectivity index (χ2n) is 16.6. The van der Waals surface area contributed by atoms with E-state index in [0.717, 1.165) is 53.5 Å². The fourth-order valence-electron chi connectivity index (χ4n) is 8.00. The van der Waals surface area contributed by atoms with Crippen LogP contribution in [0.4, 0.5) is 4.79 Å². The van der Waals surface area contributed by atoms with Gasteiger partial charge in [-0.2, -0.15) is 0 Å². The van der Waals surface area contributed by atoms with Gasteiger partial charge < -0.3 is 14.9 Å². The van der Waals surface area contributed by atoms with Gasteiger partial charge in [-0.3, -0.25) is 24.1 Å². The summed E-state index contributed by atoms with van der Waals surface area (Å²) >= 11 is 0. The van der Waals surface area contributed by atoms with Crippen molar-refractivity contribution < 1.29 is 37.2 Å². The highest BCUT2D eigenvalue weighted by atomic mass is 32.2. The van der Waals surface area contributed by atoms with Crippen molar-refractivity contribution >= 4 is 45.6 Å². The first kappa shape index (κ1) is 39.3. The molecule has 1 heterocycles. The quantitative estimate of drug-likeness (QED) is 0.254. The summed E-state index contributed by atoms with van der Waals surface area (Å²) < 4.78 is 33.2. The summed E-state index contributed by atoms with van der Waals surface area (Å²) in [5.41, 5.74) is 5.84. The molecule has 4 bridgehead atoms. The Morgan fingerprint density at radius 3 is 2.45 bits per heavy atom. The van der Waals surface area contributed by atoms with Gasteiger partial charge in [0, 0.05) is 23.6 Å². The summed E-state index contributed by atoms with van der Waals surface area (Å²) in [6.07, 6.45) is 9.68. The molecule has 0 spiro atoms. The molecule has 7 rings (SSSR count). The standard InChI is InChI=1S/C42H51N5O8S/c1-5-27-25-42(27,39(50)46-56(52,53)29-18-19-29)43-37(48)34-23-28-24-35(34)38(49)47(44-40(51)54-41(2,3)4)21-13-9-7-6-8-10-14-26-17-20-31-30-15-11-12-16-32(30)36(45-55-28)33(31)22-26/h5,10-12,14-17,20,22,27-29,34-35H,1,6-9,13,18-19,21,23-25H2,2-4H3,(H,43,48)(H,44,51)(H,46,50)/b14-10+,45-36+/t27-,28-,34-,35-,42-/m1/s1. The third-order valence-electron chi connectivity index (χ3n) is 11.2. The molecule has 2 aromatic rings. The number of oxime groups is 1. The zero-order valence-electron chi connectivity index (χ0n) is 32.2. The Balaban J connectivity index is 1.21. The number of hydrogen-bond acceptors (Lipinski definition) is 9. The minimum absolute atomic E-state index is 0.0768. The minimum atomic E-state index is -3.89. The predicted molar refractivity (Wildman–Crippen MR) is 211 cm³/mol. The normalized spacial score (nSPS) is 27.8. The molecule has 0 saturated heterocycles. The SMILES string of the molecule is C=C[C@@H]1C[C@]1(NC(=O)[C@@H]1C[C@@H]2C[C@H]1C(=O)N(NC(=O)OC(C)(C)C)CCCCCC/C=C/c1ccc3c(c1)/C(=N/O2)c1ccccc1-3)C(=O)NS(=O)(=O)C1CC1. The Hall–Kier alpha value is -4.98. The Labute approximate surface area is 328 Å². The molecule has 5 aliphatic rings. The summed E-state index contributed by atoms with van der Waals surface area (Å²) in [7, 11) is -3.89. The van der Waals surface area contributed by atoms with Crippen molar-refractivity contribution in [1.29, 1.82) is 0 Å². The maximum absolute atomic E-state index is 14.6. The Morgan fingerprint density at radius 2 is 1.73 bits per heavy atom. The number of hydrogen-bond donors (Lipinski definition) is 3. The van der Waals surface area contributed by atoms with E-state index in [9.17, 15) is 27.6 Å². The van der Waals surface area contributed by atoms with E-state index < -0.39 is 74.1 Å². The molecule has 3 fully saturated rings. The molecule has 14 heteroatoms. The van der Waals surface area contributed by atoms with E-state index in [0.29, 0.717) is 25.0 Å². The Kier molecular flexibility index (Phi) is 10.9. The first-order valence-electron chi connectivity index (χ1n) is 19.7. The second-order valence-corrected chi connectivity index (χ2v) is 18.6. The topological polar surface area (TPSA) is 173 Å². The molecule has 0 radical (unpaired) electrons. The summed E-state index contributed by atoms with van der Waals surface area (Å²) in [4.78, 5) is 61.8. The van der Waals surface area contributed by atoms with Crippen LogP contribution in [0, 0.1) is 17.8 Å². The van der Waals surface area contributed by atoms with Crippen LogP contribution < -0.4 is 15.5 Å². The van der Waals surface area contributed by atoms with Crippen LogP contribution in [-0.4, -0.2) is 72.0 Å². The van der Waals surface area contributed by atoms with E-state index in [1.54, 1.807) is 20.8 Å². The van der Waals surface area contributed by atoms with E-state index >= 15 is 0 Å². The molecule has 3 saturated carbocycles. The summed E-state index contributed by atoms with van der Waals surface area (Å²) in [5, 5.41) is 8.14. The average molecular weight is 786 g/mol. The molecular weight excluding hydrogens is 735 g/mol. The van der Waals surface area contributed by atoms with Crippen molar-refractivity contribution in [2.75, 3.05) is 6.54 Å². The van der Waals surface area contributed by atoms with E-state index in [1.165, 1.54) is 11.1 Å². The third kappa shape index (κ3) is 8.40. The maximum atomic E-state index is 14.6. The van der Waals surface area contributed by atoms with Crippen LogP contribution in [0.25, 0.3) is 17.2 Å². The number of ether oxygens (including phenoxy) is 1. The lowest BCUT2D eigenvalue weighted by molar-refractivity contribution is -0.144. The van der Waals surface area contributed by atoms with Gasteiger partial charge in [-0.15, -0.1) is 6.58 Å². The number of carbonyl (C=O) groups is 4. The van der Waals surface area contributed by atoms with Gasteiger partial charge in [0.2, 0.25) is 21.8 Å². The van der Waals surface area contributed by atoms with Gasteiger partial charge in [0.15, 0.2) is 0 Å². The Bertz CT molecular complexity index is 2090. The molecule has 56 heavy (non-hydrogen) atoms. The van der Waals surface area contributed by atoms with E-state index in [4.69, 9.17) is 14.7 Å². The van der Waals surface area contributed by atoms with Gasteiger partial charge in [-0.25, -0.2) is 18.6 Å². The predicted octanol–water partition coefficient (Wildman–Crippen LogP) is 5.75. The van der Waals surface area contributed by atoms with Gasteiger partial charge in [0.1, 0.15) is 23.0 Å². The number of hydrazine groups is 1. The largest absolute Gasteiger partial charge is 0.443 e.